The fraction of sp³-hybridized carbons (Fsp3) is 0.605. The minimum absolute atomic E-state index is 0.0511. The Morgan fingerprint density at radius 1 is 1.00 bits per heavy atom. The van der Waals surface area contributed by atoms with Crippen LogP contribution in [0.1, 0.15) is 63.9 Å². The molecule has 3 amide bonds. The number of anilines is 1. The van der Waals surface area contributed by atoms with Gasteiger partial charge in [-0.1, -0.05) is 12.0 Å². The summed E-state index contributed by atoms with van der Waals surface area (Å²) >= 11 is 0. The second-order valence-electron chi connectivity index (χ2n) is 16.3. The number of carbonyl (C=O) groups is 3. The van der Waals surface area contributed by atoms with Crippen molar-refractivity contribution in [3.05, 3.63) is 53.6 Å². The molecule has 3 aromatic rings. The predicted octanol–water partition coefficient (Wildman–Crippen LogP) is 2.93. The highest BCUT2D eigenvalue weighted by molar-refractivity contribution is 7.91. The monoisotopic (exact) mass is 868 g/mol. The number of amides is 3. The number of carbonyl (C=O) groups excluding carboxylic acids is 3. The van der Waals surface area contributed by atoms with Crippen molar-refractivity contribution in [2.75, 3.05) is 82.4 Å². The SMILES string of the molecule is C#CCOCCOCCOCCOCCS(=O)(=O)CCCn1c(CN2C(=O)C3(CCN(C(=O)[C@@H](NC(=O)OC(C)(C)C)[C@@H](C)O)CC3)c3ccncc32)nc2cc(C)ccc21. The molecule has 61 heavy (non-hydrogen) atoms. The highest BCUT2D eigenvalue weighted by atomic mass is 32.2. The maximum Gasteiger partial charge on any atom is 0.408 e. The molecule has 0 saturated carbocycles. The molecule has 17 nitrogen and oxygen atoms in total. The fourth-order valence-corrected chi connectivity index (χ4v) is 8.73. The van der Waals surface area contributed by atoms with Crippen LogP contribution in [-0.2, 0) is 61.6 Å². The lowest BCUT2D eigenvalue weighted by atomic mass is 9.74. The van der Waals surface area contributed by atoms with E-state index < -0.39 is 45.0 Å². The van der Waals surface area contributed by atoms with Gasteiger partial charge in [-0.2, -0.15) is 0 Å². The van der Waals surface area contributed by atoms with Crippen molar-refractivity contribution >= 4 is 44.5 Å². The number of aliphatic hydroxyl groups excluding tert-OH is 1. The number of aromatic nitrogens is 3. The molecule has 2 aromatic heterocycles. The highest BCUT2D eigenvalue weighted by Crippen LogP contribution is 2.48. The van der Waals surface area contributed by atoms with E-state index in [1.807, 2.05) is 35.8 Å². The first kappa shape index (κ1) is 47.4. The van der Waals surface area contributed by atoms with Crippen molar-refractivity contribution in [2.45, 2.75) is 90.1 Å². The number of imidazole rings is 1. The number of rotatable bonds is 22. The Bertz CT molecular complexity index is 2120. The zero-order valence-corrected chi connectivity index (χ0v) is 36.7. The van der Waals surface area contributed by atoms with Crippen LogP contribution in [0, 0.1) is 19.3 Å². The summed E-state index contributed by atoms with van der Waals surface area (Å²) in [6.45, 7) is 11.9. The molecule has 2 atom stereocenters. The highest BCUT2D eigenvalue weighted by Gasteiger charge is 2.53. The quantitative estimate of drug-likeness (QED) is 0.110. The molecule has 0 unspecified atom stereocenters. The number of terminal acetylenes is 1. The average molecular weight is 869 g/mol. The van der Waals surface area contributed by atoms with Crippen LogP contribution in [0.3, 0.4) is 0 Å². The third kappa shape index (κ3) is 12.7. The largest absolute Gasteiger partial charge is 0.444 e. The van der Waals surface area contributed by atoms with Crippen LogP contribution in [0.4, 0.5) is 10.5 Å². The van der Waals surface area contributed by atoms with Gasteiger partial charge in [0.25, 0.3) is 0 Å². The topological polar surface area (TPSA) is 201 Å². The molecular formula is C43H60N6O11S. The van der Waals surface area contributed by atoms with Crippen LogP contribution >= 0.6 is 0 Å². The van der Waals surface area contributed by atoms with E-state index in [0.29, 0.717) is 70.4 Å². The van der Waals surface area contributed by atoms with Crippen LogP contribution < -0.4 is 10.2 Å². The maximum atomic E-state index is 14.7. The molecule has 0 radical (unpaired) electrons. The van der Waals surface area contributed by atoms with Crippen LogP contribution in [0.15, 0.2) is 36.7 Å². The normalized spacial score (nSPS) is 16.1. The summed E-state index contributed by atoms with van der Waals surface area (Å²) in [6.07, 6.45) is 7.39. The van der Waals surface area contributed by atoms with Crippen molar-refractivity contribution in [1.29, 1.82) is 0 Å². The Morgan fingerprint density at radius 3 is 2.30 bits per heavy atom. The summed E-state index contributed by atoms with van der Waals surface area (Å²) in [5.41, 5.74) is 2.31. The van der Waals surface area contributed by atoms with E-state index in [0.717, 1.165) is 22.2 Å². The second kappa shape index (κ2) is 21.4. The van der Waals surface area contributed by atoms with Gasteiger partial charge >= 0.3 is 6.09 Å². The zero-order chi connectivity index (χ0) is 44.2. The molecule has 1 saturated heterocycles. The van der Waals surface area contributed by atoms with Crippen LogP contribution in [0.2, 0.25) is 0 Å². The Balaban J connectivity index is 1.19. The molecule has 2 aliphatic heterocycles. The van der Waals surface area contributed by atoms with Crippen LogP contribution in [0.25, 0.3) is 11.0 Å². The lowest BCUT2D eigenvalue weighted by Crippen LogP contribution is -2.57. The summed E-state index contributed by atoms with van der Waals surface area (Å²) in [5.74, 6) is 2.20. The van der Waals surface area contributed by atoms with Gasteiger partial charge in [-0.25, -0.2) is 18.2 Å². The predicted molar refractivity (Wildman–Crippen MR) is 228 cm³/mol. The number of alkyl carbamates (subject to hydrolysis) is 1. The van der Waals surface area contributed by atoms with Gasteiger partial charge in [0.05, 0.1) is 98.7 Å². The number of hydrogen-bond acceptors (Lipinski definition) is 13. The van der Waals surface area contributed by atoms with Crippen molar-refractivity contribution in [3.8, 4) is 12.3 Å². The van der Waals surface area contributed by atoms with Crippen molar-refractivity contribution in [2.24, 2.45) is 0 Å². The number of benzene rings is 1. The molecule has 2 aliphatic rings. The maximum absolute atomic E-state index is 14.7. The number of likely N-dealkylation sites (tertiary alicyclic amines) is 1. The minimum atomic E-state index is -3.43. The van der Waals surface area contributed by atoms with E-state index >= 15 is 0 Å². The van der Waals surface area contributed by atoms with Crippen molar-refractivity contribution < 1.29 is 51.6 Å². The minimum Gasteiger partial charge on any atom is -0.444 e. The number of fused-ring (bicyclic) bond motifs is 3. The lowest BCUT2D eigenvalue weighted by Gasteiger charge is -2.40. The third-order valence-electron chi connectivity index (χ3n) is 10.6. The van der Waals surface area contributed by atoms with E-state index in [2.05, 4.69) is 16.2 Å². The number of piperidine rings is 1. The van der Waals surface area contributed by atoms with Gasteiger partial charge in [0.2, 0.25) is 11.8 Å². The molecule has 1 aromatic carbocycles. The lowest BCUT2D eigenvalue weighted by molar-refractivity contribution is -0.139. The smallest absolute Gasteiger partial charge is 0.408 e. The summed E-state index contributed by atoms with van der Waals surface area (Å²) in [5, 5.41) is 13.0. The van der Waals surface area contributed by atoms with Gasteiger partial charge in [0.1, 0.15) is 24.1 Å². The van der Waals surface area contributed by atoms with Crippen molar-refractivity contribution in [1.82, 2.24) is 24.8 Å². The Hall–Kier alpha value is -4.64. The van der Waals surface area contributed by atoms with Gasteiger partial charge in [0.15, 0.2) is 9.84 Å². The summed E-state index contributed by atoms with van der Waals surface area (Å²) < 4.78 is 54.8. The number of nitrogens with zero attached hydrogens (tertiary/aromatic N) is 5. The first-order valence-electron chi connectivity index (χ1n) is 20.7. The molecule has 4 heterocycles. The fourth-order valence-electron chi connectivity index (χ4n) is 7.58. The zero-order valence-electron chi connectivity index (χ0n) is 35.9. The summed E-state index contributed by atoms with van der Waals surface area (Å²) in [6, 6.07) is 6.52. The van der Waals surface area contributed by atoms with Crippen LogP contribution in [-0.4, -0.2) is 146 Å². The number of ether oxygens (including phenoxy) is 5. The molecule has 5 rings (SSSR count). The molecule has 1 spiro atoms. The molecule has 0 bridgehead atoms. The number of pyridine rings is 1. The van der Waals surface area contributed by atoms with E-state index in [1.165, 1.54) is 6.92 Å². The average Bonchev–Trinajstić information content (AvgIpc) is 3.65. The number of aliphatic hydroxyl groups is 1. The third-order valence-corrected chi connectivity index (χ3v) is 12.3. The van der Waals surface area contributed by atoms with E-state index in [9.17, 15) is 27.9 Å². The van der Waals surface area contributed by atoms with Gasteiger partial charge < -0.3 is 48.5 Å². The molecule has 334 valence electrons. The number of aryl methyl sites for hydroxylation is 2. The number of sulfone groups is 1. The summed E-state index contributed by atoms with van der Waals surface area (Å²) in [4.78, 5) is 53.4. The Labute approximate surface area is 358 Å². The number of hydrogen-bond donors (Lipinski definition) is 2. The van der Waals surface area contributed by atoms with Gasteiger partial charge in [-0.3, -0.25) is 14.6 Å². The molecule has 1 fully saturated rings. The van der Waals surface area contributed by atoms with E-state index in [-0.39, 0.29) is 56.9 Å². The number of nitrogens with one attached hydrogen (secondary N) is 1. The molecule has 18 heteroatoms. The van der Waals surface area contributed by atoms with Crippen molar-refractivity contribution in [3.63, 3.8) is 0 Å². The second-order valence-corrected chi connectivity index (χ2v) is 18.6. The Kier molecular flexibility index (Phi) is 16.7. The molecule has 0 aliphatic carbocycles. The molecule has 2 N–H and O–H groups in total. The van der Waals surface area contributed by atoms with Gasteiger partial charge in [-0.15, -0.1) is 6.42 Å². The molecular weight excluding hydrogens is 809 g/mol. The van der Waals surface area contributed by atoms with Gasteiger partial charge in [0, 0.05) is 25.8 Å². The first-order chi connectivity index (χ1) is 29.0. The van der Waals surface area contributed by atoms with Gasteiger partial charge in [-0.05, 0) is 83.2 Å². The van der Waals surface area contributed by atoms with E-state index in [4.69, 9.17) is 35.1 Å². The first-order valence-corrected chi connectivity index (χ1v) is 22.5. The van der Waals surface area contributed by atoms with E-state index in [1.54, 1.807) is 43.0 Å². The van der Waals surface area contributed by atoms with Crippen LogP contribution in [0.5, 0.6) is 0 Å². The summed E-state index contributed by atoms with van der Waals surface area (Å²) in [7, 11) is -3.43. The Morgan fingerprint density at radius 2 is 1.66 bits per heavy atom. The standard InChI is InChI=1S/C43H60N6O11S/c1-7-18-56-19-20-57-21-22-58-23-24-59-25-27-61(54,55)26-8-15-48-35-10-9-31(2)28-34(35)45-37(48)30-49-36-29-44-14-11-33(36)43(40(49)52)12-16-47(17-13-43)39(51)38(32(3)50)46-41(53)60-42(4,5)6/h1,9-11,14,28-29,32,38,50H,8,12-13,15-27,30H2,2-6H3,(H,46,53)/t32-,38+/m1/s1.